The molecular weight excluding hydrogens is 286 g/mol. The van der Waals surface area contributed by atoms with E-state index in [0.717, 1.165) is 0 Å². The Morgan fingerprint density at radius 2 is 1.62 bits per heavy atom. The van der Waals surface area contributed by atoms with Crippen LogP contribution in [0.5, 0.6) is 0 Å². The van der Waals surface area contributed by atoms with Gasteiger partial charge in [0, 0.05) is 18.9 Å². The SMILES string of the molecule is CC(=O)Nc1cccc(C(c2ccccc2)S(C)(=O)=O)c1. The Balaban J connectivity index is 2.51. The number of hydrogen-bond donors (Lipinski definition) is 1. The van der Waals surface area contributed by atoms with E-state index >= 15 is 0 Å². The summed E-state index contributed by atoms with van der Waals surface area (Å²) in [5, 5.41) is 1.93. The van der Waals surface area contributed by atoms with Gasteiger partial charge in [-0.3, -0.25) is 4.79 Å². The minimum Gasteiger partial charge on any atom is -0.326 e. The normalized spacial score (nSPS) is 12.7. The fourth-order valence-electron chi connectivity index (χ4n) is 2.30. The van der Waals surface area contributed by atoms with E-state index in [1.54, 1.807) is 36.4 Å². The monoisotopic (exact) mass is 303 g/mol. The van der Waals surface area contributed by atoms with Crippen LogP contribution in [0.2, 0.25) is 0 Å². The fraction of sp³-hybridized carbons (Fsp3) is 0.188. The van der Waals surface area contributed by atoms with Crippen molar-refractivity contribution < 1.29 is 13.2 Å². The molecule has 0 saturated heterocycles. The maximum atomic E-state index is 12.2. The van der Waals surface area contributed by atoms with E-state index in [1.165, 1.54) is 13.2 Å². The number of anilines is 1. The fourth-order valence-corrected chi connectivity index (χ4v) is 3.59. The zero-order valence-electron chi connectivity index (χ0n) is 11.9. The molecule has 5 heteroatoms. The number of carbonyl (C=O) groups excluding carboxylic acids is 1. The minimum atomic E-state index is -3.33. The van der Waals surface area contributed by atoms with Gasteiger partial charge in [-0.1, -0.05) is 42.5 Å². The molecule has 1 N–H and O–H groups in total. The Kier molecular flexibility index (Phi) is 4.43. The van der Waals surface area contributed by atoms with Gasteiger partial charge in [0.25, 0.3) is 0 Å². The van der Waals surface area contributed by atoms with Crippen molar-refractivity contribution in [3.05, 3.63) is 65.7 Å². The largest absolute Gasteiger partial charge is 0.326 e. The van der Waals surface area contributed by atoms with Crippen LogP contribution in [0.15, 0.2) is 54.6 Å². The molecule has 0 aliphatic heterocycles. The smallest absolute Gasteiger partial charge is 0.221 e. The lowest BCUT2D eigenvalue weighted by Crippen LogP contribution is -2.14. The molecule has 0 bridgehead atoms. The number of rotatable bonds is 4. The number of sulfone groups is 1. The van der Waals surface area contributed by atoms with E-state index in [-0.39, 0.29) is 5.91 Å². The number of benzene rings is 2. The quantitative estimate of drug-likeness (QED) is 0.944. The van der Waals surface area contributed by atoms with Crippen molar-refractivity contribution in [2.75, 3.05) is 11.6 Å². The Morgan fingerprint density at radius 3 is 2.19 bits per heavy atom. The van der Waals surface area contributed by atoms with Crippen LogP contribution in [0.3, 0.4) is 0 Å². The molecule has 0 fully saturated rings. The molecule has 21 heavy (non-hydrogen) atoms. The summed E-state index contributed by atoms with van der Waals surface area (Å²) >= 11 is 0. The van der Waals surface area contributed by atoms with Gasteiger partial charge in [-0.25, -0.2) is 8.42 Å². The summed E-state index contributed by atoms with van der Waals surface area (Å²) in [6.07, 6.45) is 1.22. The van der Waals surface area contributed by atoms with Crippen molar-refractivity contribution >= 4 is 21.4 Å². The second-order valence-electron chi connectivity index (χ2n) is 4.93. The molecule has 0 aliphatic rings. The van der Waals surface area contributed by atoms with Gasteiger partial charge in [-0.05, 0) is 23.3 Å². The van der Waals surface area contributed by atoms with Crippen molar-refractivity contribution in [2.24, 2.45) is 0 Å². The van der Waals surface area contributed by atoms with Gasteiger partial charge < -0.3 is 5.32 Å². The van der Waals surface area contributed by atoms with Crippen LogP contribution in [0.1, 0.15) is 23.3 Å². The molecular formula is C16H17NO3S. The predicted molar refractivity (Wildman–Crippen MR) is 83.9 cm³/mol. The molecule has 0 heterocycles. The average Bonchev–Trinajstić information content (AvgIpc) is 2.38. The molecule has 4 nitrogen and oxygen atoms in total. The summed E-state index contributed by atoms with van der Waals surface area (Å²) in [6, 6.07) is 16.0. The van der Waals surface area contributed by atoms with E-state index in [1.807, 2.05) is 18.2 Å². The van der Waals surface area contributed by atoms with Gasteiger partial charge in [-0.2, -0.15) is 0 Å². The number of amides is 1. The Hall–Kier alpha value is -2.14. The number of nitrogens with one attached hydrogen (secondary N) is 1. The van der Waals surface area contributed by atoms with Crippen LogP contribution in [-0.4, -0.2) is 20.6 Å². The number of hydrogen-bond acceptors (Lipinski definition) is 3. The van der Waals surface area contributed by atoms with Crippen LogP contribution in [0, 0.1) is 0 Å². The van der Waals surface area contributed by atoms with E-state index in [0.29, 0.717) is 16.8 Å². The second kappa shape index (κ2) is 6.10. The van der Waals surface area contributed by atoms with Crippen LogP contribution < -0.4 is 5.32 Å². The first-order valence-corrected chi connectivity index (χ1v) is 8.45. The highest BCUT2D eigenvalue weighted by Crippen LogP contribution is 2.30. The highest BCUT2D eigenvalue weighted by atomic mass is 32.2. The molecule has 0 aliphatic carbocycles. The minimum absolute atomic E-state index is 0.192. The predicted octanol–water partition coefficient (Wildman–Crippen LogP) is 2.78. The Bertz CT molecular complexity index is 739. The first kappa shape index (κ1) is 15.3. The summed E-state index contributed by atoms with van der Waals surface area (Å²) in [7, 11) is -3.33. The van der Waals surface area contributed by atoms with E-state index in [2.05, 4.69) is 5.32 Å². The Labute approximate surface area is 124 Å². The van der Waals surface area contributed by atoms with E-state index < -0.39 is 15.1 Å². The topological polar surface area (TPSA) is 63.2 Å². The molecule has 1 unspecified atom stereocenters. The lowest BCUT2D eigenvalue weighted by atomic mass is 10.0. The van der Waals surface area contributed by atoms with Crippen molar-refractivity contribution in [1.82, 2.24) is 0 Å². The maximum Gasteiger partial charge on any atom is 0.221 e. The third-order valence-electron chi connectivity index (χ3n) is 3.04. The highest BCUT2D eigenvalue weighted by Gasteiger charge is 2.24. The lowest BCUT2D eigenvalue weighted by Gasteiger charge is -2.17. The molecule has 0 saturated carbocycles. The molecule has 0 aromatic heterocycles. The van der Waals surface area contributed by atoms with Crippen LogP contribution in [0.4, 0.5) is 5.69 Å². The van der Waals surface area contributed by atoms with Crippen molar-refractivity contribution in [1.29, 1.82) is 0 Å². The number of carbonyl (C=O) groups is 1. The van der Waals surface area contributed by atoms with Crippen molar-refractivity contribution in [3.63, 3.8) is 0 Å². The summed E-state index contributed by atoms with van der Waals surface area (Å²) in [4.78, 5) is 11.1. The summed E-state index contributed by atoms with van der Waals surface area (Å²) < 4.78 is 24.4. The summed E-state index contributed by atoms with van der Waals surface area (Å²) in [6.45, 7) is 1.41. The van der Waals surface area contributed by atoms with Gasteiger partial charge in [0.1, 0.15) is 5.25 Å². The van der Waals surface area contributed by atoms with E-state index in [4.69, 9.17) is 0 Å². The van der Waals surface area contributed by atoms with Gasteiger partial charge in [0.15, 0.2) is 9.84 Å². The molecule has 2 rings (SSSR count). The first-order chi connectivity index (χ1) is 9.88. The standard InChI is InChI=1S/C16H17NO3S/c1-12(18)17-15-10-6-9-14(11-15)16(21(2,19)20)13-7-4-3-5-8-13/h3-11,16H,1-2H3,(H,17,18). The van der Waals surface area contributed by atoms with Gasteiger partial charge in [0.05, 0.1) is 0 Å². The molecule has 1 atom stereocenters. The van der Waals surface area contributed by atoms with Gasteiger partial charge in [0.2, 0.25) is 5.91 Å². The van der Waals surface area contributed by atoms with Crippen LogP contribution >= 0.6 is 0 Å². The third kappa shape index (κ3) is 3.92. The highest BCUT2D eigenvalue weighted by molar-refractivity contribution is 7.91. The van der Waals surface area contributed by atoms with Crippen molar-refractivity contribution in [3.8, 4) is 0 Å². The Morgan fingerprint density at radius 1 is 1.00 bits per heavy atom. The van der Waals surface area contributed by atoms with E-state index in [9.17, 15) is 13.2 Å². The molecule has 0 radical (unpaired) electrons. The summed E-state index contributed by atoms with van der Waals surface area (Å²) in [5.74, 6) is -0.192. The summed E-state index contributed by atoms with van der Waals surface area (Å²) in [5.41, 5.74) is 1.93. The van der Waals surface area contributed by atoms with Gasteiger partial charge >= 0.3 is 0 Å². The molecule has 2 aromatic carbocycles. The van der Waals surface area contributed by atoms with Crippen molar-refractivity contribution in [2.45, 2.75) is 12.2 Å². The zero-order valence-corrected chi connectivity index (χ0v) is 12.7. The lowest BCUT2D eigenvalue weighted by molar-refractivity contribution is -0.114. The van der Waals surface area contributed by atoms with Gasteiger partial charge in [-0.15, -0.1) is 0 Å². The second-order valence-corrected chi connectivity index (χ2v) is 7.06. The van der Waals surface area contributed by atoms with Crippen LogP contribution in [0.25, 0.3) is 0 Å². The first-order valence-electron chi connectivity index (χ1n) is 6.49. The third-order valence-corrected chi connectivity index (χ3v) is 4.44. The molecule has 2 aromatic rings. The molecule has 110 valence electrons. The zero-order chi connectivity index (χ0) is 15.5. The average molecular weight is 303 g/mol. The molecule has 0 spiro atoms. The molecule has 1 amide bonds. The maximum absolute atomic E-state index is 12.2. The van der Waals surface area contributed by atoms with Crippen LogP contribution in [-0.2, 0) is 14.6 Å².